The summed E-state index contributed by atoms with van der Waals surface area (Å²) < 4.78 is 5.45. The van der Waals surface area contributed by atoms with Crippen molar-refractivity contribution in [2.75, 3.05) is 6.61 Å². The van der Waals surface area contributed by atoms with Crippen molar-refractivity contribution in [3.8, 4) is 11.5 Å². The predicted molar refractivity (Wildman–Crippen MR) is 56.4 cm³/mol. The van der Waals surface area contributed by atoms with Crippen LogP contribution in [-0.2, 0) is 0 Å². The van der Waals surface area contributed by atoms with Crippen LogP contribution in [0, 0.1) is 5.92 Å². The van der Waals surface area contributed by atoms with Gasteiger partial charge in [-0.1, -0.05) is 13.8 Å². The predicted octanol–water partition coefficient (Wildman–Crippen LogP) is 1.75. The van der Waals surface area contributed by atoms with Gasteiger partial charge in [-0.05, 0) is 30.2 Å². The molecule has 0 aliphatic heterocycles. The molecule has 1 unspecified atom stereocenters. The maximum Gasteiger partial charge on any atom is 0.119 e. The molecule has 3 nitrogen and oxygen atoms in total. The topological polar surface area (TPSA) is 55.5 Å². The lowest BCUT2D eigenvalue weighted by Gasteiger charge is -2.16. The first-order valence-corrected chi connectivity index (χ1v) is 4.77. The zero-order valence-electron chi connectivity index (χ0n) is 8.60. The number of benzene rings is 1. The standard InChI is InChI=1S/C11H17NO2/c1-8(2)11(12)7-14-10-5-3-9(13)4-6-10/h3-6,8,11,13H,7,12H2,1-2H3. The summed E-state index contributed by atoms with van der Waals surface area (Å²) in [6.07, 6.45) is 0. The molecule has 0 fully saturated rings. The third-order valence-electron chi connectivity index (χ3n) is 2.14. The number of rotatable bonds is 4. The molecule has 0 radical (unpaired) electrons. The number of phenolic OH excluding ortho intramolecular Hbond substituents is 1. The van der Waals surface area contributed by atoms with Gasteiger partial charge in [0, 0.05) is 6.04 Å². The number of hydrogen-bond donors (Lipinski definition) is 2. The number of ether oxygens (including phenoxy) is 1. The quantitative estimate of drug-likeness (QED) is 0.769. The van der Waals surface area contributed by atoms with Gasteiger partial charge in [-0.3, -0.25) is 0 Å². The Kier molecular flexibility index (Phi) is 3.77. The highest BCUT2D eigenvalue weighted by atomic mass is 16.5. The van der Waals surface area contributed by atoms with Crippen LogP contribution in [0.2, 0.25) is 0 Å². The SMILES string of the molecule is CC(C)C(N)COc1ccc(O)cc1. The molecule has 1 atom stereocenters. The molecule has 1 aromatic rings. The lowest BCUT2D eigenvalue weighted by molar-refractivity contribution is 0.259. The minimum Gasteiger partial charge on any atom is -0.508 e. The molecule has 0 aliphatic carbocycles. The zero-order valence-corrected chi connectivity index (χ0v) is 8.60. The second-order valence-electron chi connectivity index (χ2n) is 3.71. The average molecular weight is 195 g/mol. The molecule has 1 aromatic carbocycles. The van der Waals surface area contributed by atoms with Crippen molar-refractivity contribution >= 4 is 0 Å². The van der Waals surface area contributed by atoms with E-state index in [1.807, 2.05) is 0 Å². The molecule has 0 aromatic heterocycles. The minimum absolute atomic E-state index is 0.0452. The fraction of sp³-hybridized carbons (Fsp3) is 0.455. The zero-order chi connectivity index (χ0) is 10.6. The summed E-state index contributed by atoms with van der Waals surface area (Å²) in [4.78, 5) is 0. The van der Waals surface area contributed by atoms with Crippen LogP contribution < -0.4 is 10.5 Å². The van der Waals surface area contributed by atoms with E-state index in [2.05, 4.69) is 13.8 Å². The molecule has 0 amide bonds. The van der Waals surface area contributed by atoms with Crippen LogP contribution in [-0.4, -0.2) is 17.8 Å². The molecular weight excluding hydrogens is 178 g/mol. The molecule has 3 heteroatoms. The summed E-state index contributed by atoms with van der Waals surface area (Å²) in [5.41, 5.74) is 5.82. The van der Waals surface area contributed by atoms with E-state index >= 15 is 0 Å². The molecule has 1 rings (SSSR count). The summed E-state index contributed by atoms with van der Waals surface area (Å²) in [6, 6.07) is 6.68. The third kappa shape index (κ3) is 3.26. The van der Waals surface area contributed by atoms with Crippen LogP contribution in [0.15, 0.2) is 24.3 Å². The first-order chi connectivity index (χ1) is 6.59. The molecule has 0 saturated heterocycles. The van der Waals surface area contributed by atoms with Gasteiger partial charge in [-0.25, -0.2) is 0 Å². The molecule has 3 N–H and O–H groups in total. The van der Waals surface area contributed by atoms with Gasteiger partial charge in [0.15, 0.2) is 0 Å². The van der Waals surface area contributed by atoms with Gasteiger partial charge in [0.25, 0.3) is 0 Å². The summed E-state index contributed by atoms with van der Waals surface area (Å²) in [5, 5.41) is 9.04. The highest BCUT2D eigenvalue weighted by Gasteiger charge is 2.07. The summed E-state index contributed by atoms with van der Waals surface area (Å²) in [7, 11) is 0. The highest BCUT2D eigenvalue weighted by molar-refractivity contribution is 5.30. The van der Waals surface area contributed by atoms with Gasteiger partial charge in [0.05, 0.1) is 0 Å². The molecular formula is C11H17NO2. The van der Waals surface area contributed by atoms with Gasteiger partial charge >= 0.3 is 0 Å². The van der Waals surface area contributed by atoms with E-state index < -0.39 is 0 Å². The van der Waals surface area contributed by atoms with Gasteiger partial charge in [-0.15, -0.1) is 0 Å². The Labute approximate surface area is 84.5 Å². The lowest BCUT2D eigenvalue weighted by Crippen LogP contribution is -2.32. The van der Waals surface area contributed by atoms with Crippen molar-refractivity contribution < 1.29 is 9.84 Å². The van der Waals surface area contributed by atoms with Crippen LogP contribution in [0.1, 0.15) is 13.8 Å². The van der Waals surface area contributed by atoms with Gasteiger partial charge in [0.2, 0.25) is 0 Å². The lowest BCUT2D eigenvalue weighted by atomic mass is 10.1. The fourth-order valence-electron chi connectivity index (χ4n) is 0.927. The normalized spacial score (nSPS) is 12.9. The van der Waals surface area contributed by atoms with Crippen molar-refractivity contribution in [1.82, 2.24) is 0 Å². The second-order valence-corrected chi connectivity index (χ2v) is 3.71. The Morgan fingerprint density at radius 2 is 1.86 bits per heavy atom. The van der Waals surface area contributed by atoms with Gasteiger partial charge in [0.1, 0.15) is 18.1 Å². The molecule has 0 bridgehead atoms. The van der Waals surface area contributed by atoms with Gasteiger partial charge < -0.3 is 15.6 Å². The highest BCUT2D eigenvalue weighted by Crippen LogP contribution is 2.16. The van der Waals surface area contributed by atoms with Crippen molar-refractivity contribution in [3.63, 3.8) is 0 Å². The van der Waals surface area contributed by atoms with E-state index in [-0.39, 0.29) is 11.8 Å². The van der Waals surface area contributed by atoms with E-state index in [1.165, 1.54) is 0 Å². The third-order valence-corrected chi connectivity index (χ3v) is 2.14. The maximum absolute atomic E-state index is 9.04. The second kappa shape index (κ2) is 4.86. The fourth-order valence-corrected chi connectivity index (χ4v) is 0.927. The van der Waals surface area contributed by atoms with Crippen LogP contribution >= 0.6 is 0 Å². The smallest absolute Gasteiger partial charge is 0.119 e. The van der Waals surface area contributed by atoms with Crippen molar-refractivity contribution in [2.45, 2.75) is 19.9 Å². The number of nitrogens with two attached hydrogens (primary N) is 1. The average Bonchev–Trinajstić information content (AvgIpc) is 2.16. The summed E-state index contributed by atoms with van der Waals surface area (Å²) in [6.45, 7) is 4.62. The largest absolute Gasteiger partial charge is 0.508 e. The Hall–Kier alpha value is -1.22. The number of phenols is 1. The van der Waals surface area contributed by atoms with Crippen LogP contribution in [0.4, 0.5) is 0 Å². The van der Waals surface area contributed by atoms with Crippen LogP contribution in [0.5, 0.6) is 11.5 Å². The van der Waals surface area contributed by atoms with E-state index in [4.69, 9.17) is 15.6 Å². The Balaban J connectivity index is 2.42. The minimum atomic E-state index is 0.0452. The van der Waals surface area contributed by atoms with Crippen LogP contribution in [0.3, 0.4) is 0 Å². The van der Waals surface area contributed by atoms with E-state index in [0.29, 0.717) is 12.5 Å². The van der Waals surface area contributed by atoms with E-state index in [1.54, 1.807) is 24.3 Å². The molecule has 0 spiro atoms. The van der Waals surface area contributed by atoms with Crippen molar-refractivity contribution in [1.29, 1.82) is 0 Å². The Morgan fingerprint density at radius 3 is 2.36 bits per heavy atom. The molecule has 14 heavy (non-hydrogen) atoms. The van der Waals surface area contributed by atoms with Gasteiger partial charge in [-0.2, -0.15) is 0 Å². The number of aromatic hydroxyl groups is 1. The Bertz CT molecular complexity index is 269. The molecule has 0 saturated carbocycles. The summed E-state index contributed by atoms with van der Waals surface area (Å²) >= 11 is 0. The first kappa shape index (κ1) is 10.9. The van der Waals surface area contributed by atoms with Crippen molar-refractivity contribution in [2.24, 2.45) is 11.7 Å². The molecule has 0 heterocycles. The molecule has 78 valence electrons. The monoisotopic (exact) mass is 195 g/mol. The van der Waals surface area contributed by atoms with E-state index in [0.717, 1.165) is 5.75 Å². The van der Waals surface area contributed by atoms with Crippen molar-refractivity contribution in [3.05, 3.63) is 24.3 Å². The van der Waals surface area contributed by atoms with Crippen LogP contribution in [0.25, 0.3) is 0 Å². The molecule has 0 aliphatic rings. The summed E-state index contributed by atoms with van der Waals surface area (Å²) in [5.74, 6) is 1.39. The number of hydrogen-bond acceptors (Lipinski definition) is 3. The van der Waals surface area contributed by atoms with E-state index in [9.17, 15) is 0 Å². The Morgan fingerprint density at radius 1 is 1.29 bits per heavy atom. The first-order valence-electron chi connectivity index (χ1n) is 4.77. The maximum atomic E-state index is 9.04.